The third-order valence-electron chi connectivity index (χ3n) is 6.55. The molecule has 2 saturated heterocycles. The van der Waals surface area contributed by atoms with E-state index in [9.17, 15) is 9.59 Å². The van der Waals surface area contributed by atoms with E-state index in [1.807, 2.05) is 11.0 Å². The average Bonchev–Trinajstić information content (AvgIpc) is 2.73. The number of nitrogens with zero attached hydrogens (tertiary/aromatic N) is 2. The molecule has 3 amide bonds. The van der Waals surface area contributed by atoms with E-state index in [1.165, 1.54) is 24.8 Å². The Labute approximate surface area is 161 Å². The summed E-state index contributed by atoms with van der Waals surface area (Å²) in [5.41, 5.74) is 1.38. The second kappa shape index (κ2) is 7.89. The van der Waals surface area contributed by atoms with Gasteiger partial charge in [0.25, 0.3) is 0 Å². The maximum absolute atomic E-state index is 12.9. The van der Waals surface area contributed by atoms with Gasteiger partial charge in [0.2, 0.25) is 5.91 Å². The Kier molecular flexibility index (Phi) is 5.34. The van der Waals surface area contributed by atoms with Crippen molar-refractivity contribution < 1.29 is 9.59 Å². The van der Waals surface area contributed by atoms with Gasteiger partial charge < -0.3 is 15.5 Å². The molecule has 1 aromatic rings. The average molecular weight is 370 g/mol. The predicted octanol–water partition coefficient (Wildman–Crippen LogP) is 1.71. The Bertz CT molecular complexity index is 672. The van der Waals surface area contributed by atoms with E-state index in [4.69, 9.17) is 0 Å². The van der Waals surface area contributed by atoms with Crippen molar-refractivity contribution in [2.75, 3.05) is 39.3 Å². The minimum Gasteiger partial charge on any atom is -0.353 e. The van der Waals surface area contributed by atoms with Crippen molar-refractivity contribution in [1.82, 2.24) is 20.4 Å². The van der Waals surface area contributed by atoms with Crippen LogP contribution in [0.1, 0.15) is 37.7 Å². The summed E-state index contributed by atoms with van der Waals surface area (Å²) in [7, 11) is 0. The van der Waals surface area contributed by atoms with Crippen molar-refractivity contribution in [3.63, 3.8) is 0 Å². The Morgan fingerprint density at radius 1 is 1.11 bits per heavy atom. The predicted molar refractivity (Wildman–Crippen MR) is 105 cm³/mol. The first-order valence-corrected chi connectivity index (χ1v) is 10.3. The number of hydrogen-bond acceptors (Lipinski definition) is 3. The van der Waals surface area contributed by atoms with Crippen molar-refractivity contribution in [3.8, 4) is 0 Å². The van der Waals surface area contributed by atoms with Crippen molar-refractivity contribution in [1.29, 1.82) is 0 Å². The van der Waals surface area contributed by atoms with E-state index in [1.54, 1.807) is 0 Å². The van der Waals surface area contributed by atoms with Gasteiger partial charge in [0, 0.05) is 44.7 Å². The number of hydrogen-bond donors (Lipinski definition) is 2. The molecule has 146 valence electrons. The van der Waals surface area contributed by atoms with E-state index in [0.717, 1.165) is 25.9 Å². The van der Waals surface area contributed by atoms with Crippen molar-refractivity contribution >= 4 is 11.9 Å². The molecule has 2 aliphatic heterocycles. The minimum absolute atomic E-state index is 0.0334. The SMILES string of the molecule is O=C1NCCN2CCN(C(=O)NCC3(c4ccccc4)CCCCC3)C[C@H]12. The third kappa shape index (κ3) is 3.81. The molecular formula is C21H30N4O2. The lowest BCUT2D eigenvalue weighted by Gasteiger charge is -2.43. The van der Waals surface area contributed by atoms with Crippen LogP contribution in [0.2, 0.25) is 0 Å². The maximum Gasteiger partial charge on any atom is 0.317 e. The first kappa shape index (κ1) is 18.3. The molecule has 1 atom stereocenters. The zero-order valence-electron chi connectivity index (χ0n) is 16.0. The van der Waals surface area contributed by atoms with E-state index in [-0.39, 0.29) is 23.4 Å². The molecule has 0 unspecified atom stereocenters. The van der Waals surface area contributed by atoms with Crippen LogP contribution < -0.4 is 10.6 Å². The van der Waals surface area contributed by atoms with Crippen molar-refractivity contribution in [3.05, 3.63) is 35.9 Å². The summed E-state index contributed by atoms with van der Waals surface area (Å²) in [6.07, 6.45) is 5.95. The highest BCUT2D eigenvalue weighted by Crippen LogP contribution is 2.38. The number of urea groups is 1. The lowest BCUT2D eigenvalue weighted by molar-refractivity contribution is -0.131. The number of carbonyl (C=O) groups excluding carboxylic acids is 2. The highest BCUT2D eigenvalue weighted by atomic mass is 16.2. The van der Waals surface area contributed by atoms with Gasteiger partial charge >= 0.3 is 6.03 Å². The number of amides is 3. The van der Waals surface area contributed by atoms with Crippen LogP contribution >= 0.6 is 0 Å². The topological polar surface area (TPSA) is 64.7 Å². The summed E-state index contributed by atoms with van der Waals surface area (Å²) in [5.74, 6) is 0.0480. The monoisotopic (exact) mass is 370 g/mol. The van der Waals surface area contributed by atoms with E-state index >= 15 is 0 Å². The molecule has 3 aliphatic rings. The molecule has 2 N–H and O–H groups in total. The van der Waals surface area contributed by atoms with Gasteiger partial charge in [0.1, 0.15) is 6.04 Å². The molecule has 0 spiro atoms. The standard InChI is InChI=1S/C21H30N4O2/c26-19-18-15-25(14-13-24(18)12-11-22-19)20(27)23-16-21(9-5-2-6-10-21)17-7-3-1-4-8-17/h1,3-4,7-8,18H,2,5-6,9-16H2,(H,22,26)(H,23,27)/t18-/m1/s1. The lowest BCUT2D eigenvalue weighted by atomic mass is 9.69. The second-order valence-corrected chi connectivity index (χ2v) is 8.15. The molecule has 1 saturated carbocycles. The lowest BCUT2D eigenvalue weighted by Crippen LogP contribution is -2.65. The fourth-order valence-electron chi connectivity index (χ4n) is 4.91. The number of nitrogens with one attached hydrogen (secondary N) is 2. The van der Waals surface area contributed by atoms with E-state index < -0.39 is 0 Å². The first-order valence-electron chi connectivity index (χ1n) is 10.3. The molecule has 1 aromatic carbocycles. The minimum atomic E-state index is -0.198. The Hall–Kier alpha value is -2.08. The largest absolute Gasteiger partial charge is 0.353 e. The van der Waals surface area contributed by atoms with Gasteiger partial charge in [-0.25, -0.2) is 4.79 Å². The zero-order valence-corrected chi connectivity index (χ0v) is 16.0. The van der Waals surface area contributed by atoms with Gasteiger partial charge in [0.05, 0.1) is 0 Å². The maximum atomic E-state index is 12.9. The highest BCUT2D eigenvalue weighted by Gasteiger charge is 2.38. The van der Waals surface area contributed by atoms with Gasteiger partial charge in [-0.15, -0.1) is 0 Å². The molecule has 0 bridgehead atoms. The van der Waals surface area contributed by atoms with E-state index in [2.05, 4.69) is 39.8 Å². The van der Waals surface area contributed by atoms with Gasteiger partial charge in [-0.3, -0.25) is 9.69 Å². The summed E-state index contributed by atoms with van der Waals surface area (Å²) in [5, 5.41) is 6.12. The summed E-state index contributed by atoms with van der Waals surface area (Å²) in [4.78, 5) is 29.0. The van der Waals surface area contributed by atoms with Crippen LogP contribution in [0.3, 0.4) is 0 Å². The van der Waals surface area contributed by atoms with Gasteiger partial charge in [0.15, 0.2) is 0 Å². The molecule has 1 aliphatic carbocycles. The number of benzene rings is 1. The molecule has 0 radical (unpaired) electrons. The van der Waals surface area contributed by atoms with Crippen LogP contribution in [0.15, 0.2) is 30.3 Å². The van der Waals surface area contributed by atoms with Crippen LogP contribution in [-0.4, -0.2) is 67.0 Å². The van der Waals surface area contributed by atoms with Crippen LogP contribution in [-0.2, 0) is 10.2 Å². The first-order chi connectivity index (χ1) is 13.2. The zero-order chi connectivity index (χ0) is 18.7. The number of carbonyl (C=O) groups is 2. The van der Waals surface area contributed by atoms with Crippen LogP contribution in [0, 0.1) is 0 Å². The van der Waals surface area contributed by atoms with E-state index in [0.29, 0.717) is 26.2 Å². The Morgan fingerprint density at radius 3 is 2.67 bits per heavy atom. The normalized spacial score (nSPS) is 25.4. The second-order valence-electron chi connectivity index (χ2n) is 8.15. The molecule has 0 aromatic heterocycles. The molecular weight excluding hydrogens is 340 g/mol. The fraction of sp³-hybridized carbons (Fsp3) is 0.619. The highest BCUT2D eigenvalue weighted by molar-refractivity contribution is 5.84. The molecule has 3 fully saturated rings. The van der Waals surface area contributed by atoms with Crippen molar-refractivity contribution in [2.24, 2.45) is 0 Å². The molecule has 6 nitrogen and oxygen atoms in total. The molecule has 4 rings (SSSR count). The summed E-state index contributed by atoms with van der Waals surface area (Å²) in [6.45, 7) is 4.20. The third-order valence-corrected chi connectivity index (χ3v) is 6.55. The number of fused-ring (bicyclic) bond motifs is 1. The van der Waals surface area contributed by atoms with Crippen LogP contribution in [0.25, 0.3) is 0 Å². The summed E-state index contributed by atoms with van der Waals surface area (Å²) >= 11 is 0. The van der Waals surface area contributed by atoms with Gasteiger partial charge in [-0.1, -0.05) is 49.6 Å². The fourth-order valence-corrected chi connectivity index (χ4v) is 4.91. The molecule has 27 heavy (non-hydrogen) atoms. The van der Waals surface area contributed by atoms with Gasteiger partial charge in [-0.05, 0) is 18.4 Å². The smallest absolute Gasteiger partial charge is 0.317 e. The Morgan fingerprint density at radius 2 is 1.89 bits per heavy atom. The van der Waals surface area contributed by atoms with Gasteiger partial charge in [-0.2, -0.15) is 0 Å². The summed E-state index contributed by atoms with van der Waals surface area (Å²) in [6, 6.07) is 10.4. The summed E-state index contributed by atoms with van der Waals surface area (Å²) < 4.78 is 0. The Balaban J connectivity index is 1.40. The number of rotatable bonds is 3. The quantitative estimate of drug-likeness (QED) is 0.851. The number of piperazine rings is 2. The van der Waals surface area contributed by atoms with Crippen molar-refractivity contribution in [2.45, 2.75) is 43.6 Å². The van der Waals surface area contributed by atoms with Crippen LogP contribution in [0.4, 0.5) is 4.79 Å². The molecule has 2 heterocycles. The molecule has 6 heteroatoms. The van der Waals surface area contributed by atoms with Crippen LogP contribution in [0.5, 0.6) is 0 Å².